The Bertz CT molecular complexity index is 773. The third-order valence-corrected chi connectivity index (χ3v) is 6.17. The first-order valence-electron chi connectivity index (χ1n) is 6.08. The van der Waals surface area contributed by atoms with Gasteiger partial charge in [0.25, 0.3) is 0 Å². The maximum atomic E-state index is 14.1. The summed E-state index contributed by atoms with van der Waals surface area (Å²) in [6, 6.07) is 2.09. The number of hydrogen-bond acceptors (Lipinski definition) is 5. The van der Waals surface area contributed by atoms with Crippen molar-refractivity contribution >= 4 is 20.7 Å². The van der Waals surface area contributed by atoms with Gasteiger partial charge in [-0.15, -0.1) is 0 Å². The molecular formula is C13H15FN2O3S. The summed E-state index contributed by atoms with van der Waals surface area (Å²) in [6.07, 6.45) is 1.42. The van der Waals surface area contributed by atoms with E-state index in [0.717, 1.165) is 18.5 Å². The fourth-order valence-corrected chi connectivity index (χ4v) is 3.30. The monoisotopic (exact) mass is 298 g/mol. The Morgan fingerprint density at radius 2 is 1.95 bits per heavy atom. The zero-order valence-corrected chi connectivity index (χ0v) is 12.2. The summed E-state index contributed by atoms with van der Waals surface area (Å²) in [5.74, 6) is -1.25. The number of rotatable bonds is 3. The molecule has 2 aromatic rings. The highest BCUT2D eigenvalue weighted by Crippen LogP contribution is 2.33. The van der Waals surface area contributed by atoms with Gasteiger partial charge in [0.2, 0.25) is 5.88 Å². The van der Waals surface area contributed by atoms with E-state index in [1.165, 1.54) is 13.8 Å². The van der Waals surface area contributed by atoms with E-state index >= 15 is 0 Å². The fraction of sp³-hybridized carbons (Fsp3) is 0.385. The lowest BCUT2D eigenvalue weighted by Gasteiger charge is -2.23. The lowest BCUT2D eigenvalue weighted by Crippen LogP contribution is -2.31. The van der Waals surface area contributed by atoms with Gasteiger partial charge < -0.3 is 5.11 Å². The summed E-state index contributed by atoms with van der Waals surface area (Å²) < 4.78 is 38.0. The molecular weight excluding hydrogens is 283 g/mol. The quantitative estimate of drug-likeness (QED) is 0.941. The van der Waals surface area contributed by atoms with Gasteiger partial charge in [-0.05, 0) is 26.3 Å². The lowest BCUT2D eigenvalue weighted by atomic mass is 10.1. The Morgan fingerprint density at radius 3 is 2.55 bits per heavy atom. The van der Waals surface area contributed by atoms with Crippen molar-refractivity contribution in [3.63, 3.8) is 0 Å². The Kier molecular flexibility index (Phi) is 3.41. The first-order chi connectivity index (χ1) is 9.20. The number of hydrogen-bond donors (Lipinski definition) is 1. The average Bonchev–Trinajstić information content (AvgIpc) is 2.37. The van der Waals surface area contributed by atoms with Crippen molar-refractivity contribution in [2.24, 2.45) is 0 Å². The molecule has 7 heteroatoms. The van der Waals surface area contributed by atoms with E-state index in [9.17, 15) is 17.9 Å². The van der Waals surface area contributed by atoms with E-state index in [4.69, 9.17) is 0 Å². The Labute approximate surface area is 116 Å². The fourth-order valence-electron chi connectivity index (χ4n) is 1.74. The van der Waals surface area contributed by atoms with Crippen LogP contribution in [-0.2, 0) is 9.84 Å². The molecule has 0 amide bonds. The van der Waals surface area contributed by atoms with Crippen molar-refractivity contribution in [1.82, 2.24) is 9.97 Å². The van der Waals surface area contributed by atoms with Crippen LogP contribution in [0.15, 0.2) is 23.4 Å². The second kappa shape index (κ2) is 4.66. The van der Waals surface area contributed by atoms with E-state index in [-0.39, 0.29) is 16.8 Å². The number of aromatic hydroxyl groups is 1. The van der Waals surface area contributed by atoms with Crippen LogP contribution in [0.25, 0.3) is 10.9 Å². The first kappa shape index (κ1) is 14.6. The average molecular weight is 298 g/mol. The predicted molar refractivity (Wildman–Crippen MR) is 72.7 cm³/mol. The normalized spacial score (nSPS) is 12.8. The minimum atomic E-state index is -3.87. The zero-order chi connectivity index (χ0) is 15.1. The van der Waals surface area contributed by atoms with Crippen LogP contribution in [0.1, 0.15) is 27.2 Å². The highest BCUT2D eigenvalue weighted by molar-refractivity contribution is 7.92. The molecule has 0 bridgehead atoms. The van der Waals surface area contributed by atoms with Crippen molar-refractivity contribution < 1.29 is 17.9 Å². The van der Waals surface area contributed by atoms with Crippen molar-refractivity contribution in [1.29, 1.82) is 0 Å². The number of fused-ring (bicyclic) bond motifs is 1. The van der Waals surface area contributed by atoms with Crippen molar-refractivity contribution in [2.75, 3.05) is 0 Å². The maximum Gasteiger partial charge on any atom is 0.221 e. The highest BCUT2D eigenvalue weighted by Gasteiger charge is 2.36. The van der Waals surface area contributed by atoms with E-state index in [2.05, 4.69) is 9.97 Å². The van der Waals surface area contributed by atoms with Gasteiger partial charge >= 0.3 is 0 Å². The molecule has 0 atom stereocenters. The third kappa shape index (κ3) is 2.11. The van der Waals surface area contributed by atoms with Gasteiger partial charge in [0.05, 0.1) is 15.6 Å². The van der Waals surface area contributed by atoms with Crippen LogP contribution in [-0.4, -0.2) is 28.2 Å². The van der Waals surface area contributed by atoms with E-state index < -0.39 is 25.3 Å². The molecule has 0 saturated heterocycles. The molecule has 108 valence electrons. The van der Waals surface area contributed by atoms with Crippen molar-refractivity contribution in [3.05, 3.63) is 24.3 Å². The summed E-state index contributed by atoms with van der Waals surface area (Å²) in [6.45, 7) is 4.79. The van der Waals surface area contributed by atoms with Crippen LogP contribution in [0.5, 0.6) is 5.88 Å². The Morgan fingerprint density at radius 1 is 1.30 bits per heavy atom. The summed E-state index contributed by atoms with van der Waals surface area (Å²) in [4.78, 5) is 6.93. The lowest BCUT2D eigenvalue weighted by molar-refractivity contribution is 0.459. The highest BCUT2D eigenvalue weighted by atomic mass is 32.2. The summed E-state index contributed by atoms with van der Waals surface area (Å²) in [5, 5.41) is 9.75. The topological polar surface area (TPSA) is 80.2 Å². The smallest absolute Gasteiger partial charge is 0.221 e. The molecule has 0 aliphatic carbocycles. The van der Waals surface area contributed by atoms with Crippen LogP contribution in [0, 0.1) is 5.82 Å². The zero-order valence-electron chi connectivity index (χ0n) is 11.4. The van der Waals surface area contributed by atoms with Gasteiger partial charge in [0, 0.05) is 6.07 Å². The van der Waals surface area contributed by atoms with Crippen molar-refractivity contribution in [3.8, 4) is 5.88 Å². The minimum absolute atomic E-state index is 0.111. The molecule has 1 aromatic carbocycles. The first-order valence-corrected chi connectivity index (χ1v) is 7.57. The molecule has 5 nitrogen and oxygen atoms in total. The summed E-state index contributed by atoms with van der Waals surface area (Å²) in [7, 11) is -3.87. The van der Waals surface area contributed by atoms with Crippen LogP contribution in [0.3, 0.4) is 0 Å². The molecule has 20 heavy (non-hydrogen) atoms. The largest absolute Gasteiger partial charge is 0.493 e. The molecule has 1 aromatic heterocycles. The minimum Gasteiger partial charge on any atom is -0.493 e. The standard InChI is InChI=1S/C13H15FN2O3S/c1-4-13(2,3)20(18,19)11-5-8-10(6-9(11)14)15-7-16-12(8)17/h5-7H,4H2,1-3H3,(H,15,16,17). The second-order valence-corrected chi connectivity index (χ2v) is 7.67. The van der Waals surface area contributed by atoms with Gasteiger partial charge in [0.15, 0.2) is 9.84 Å². The van der Waals surface area contributed by atoms with Gasteiger partial charge in [-0.25, -0.2) is 22.8 Å². The number of nitrogens with zero attached hydrogens (tertiary/aromatic N) is 2. The predicted octanol–water partition coefficient (Wildman–Crippen LogP) is 2.44. The van der Waals surface area contributed by atoms with E-state index in [1.54, 1.807) is 6.92 Å². The summed E-state index contributed by atoms with van der Waals surface area (Å²) in [5.41, 5.74) is 0.156. The number of halogens is 1. The summed E-state index contributed by atoms with van der Waals surface area (Å²) >= 11 is 0. The van der Waals surface area contributed by atoms with E-state index in [0.29, 0.717) is 6.42 Å². The number of benzene rings is 1. The molecule has 0 aliphatic heterocycles. The third-order valence-electron chi connectivity index (χ3n) is 3.54. The van der Waals surface area contributed by atoms with Crippen LogP contribution in [0.2, 0.25) is 0 Å². The molecule has 0 fully saturated rings. The molecule has 2 rings (SSSR count). The van der Waals surface area contributed by atoms with Crippen LogP contribution in [0.4, 0.5) is 4.39 Å². The number of aromatic nitrogens is 2. The number of sulfone groups is 1. The molecule has 1 heterocycles. The Hall–Kier alpha value is -1.76. The molecule has 0 aliphatic rings. The molecule has 1 N–H and O–H groups in total. The maximum absolute atomic E-state index is 14.1. The molecule has 0 radical (unpaired) electrons. The van der Waals surface area contributed by atoms with Gasteiger partial charge in [0.1, 0.15) is 17.0 Å². The van der Waals surface area contributed by atoms with Crippen LogP contribution >= 0.6 is 0 Å². The molecule has 0 saturated carbocycles. The Balaban J connectivity index is 2.79. The molecule has 0 spiro atoms. The van der Waals surface area contributed by atoms with E-state index in [1.807, 2.05) is 0 Å². The second-order valence-electron chi connectivity index (χ2n) is 5.11. The molecule has 0 unspecified atom stereocenters. The van der Waals surface area contributed by atoms with Crippen LogP contribution < -0.4 is 0 Å². The van der Waals surface area contributed by atoms with Gasteiger partial charge in [-0.2, -0.15) is 0 Å². The van der Waals surface area contributed by atoms with Crippen molar-refractivity contribution in [2.45, 2.75) is 36.8 Å². The van der Waals surface area contributed by atoms with Gasteiger partial charge in [-0.3, -0.25) is 0 Å². The SMILES string of the molecule is CCC(C)(C)S(=O)(=O)c1cc2c(O)ncnc2cc1F. The van der Waals surface area contributed by atoms with Gasteiger partial charge in [-0.1, -0.05) is 6.92 Å².